The molecule has 1 heteroatoms. The second-order valence-electron chi connectivity index (χ2n) is 6.67. The second-order valence-corrected chi connectivity index (χ2v) is 6.67. The quantitative estimate of drug-likeness (QED) is 0.474. The van der Waals surface area contributed by atoms with Crippen molar-refractivity contribution in [3.05, 3.63) is 41.0 Å². The van der Waals surface area contributed by atoms with E-state index in [2.05, 4.69) is 52.0 Å². The molecule has 0 aliphatic heterocycles. The minimum Gasteiger partial charge on any atom is -0.168 e. The summed E-state index contributed by atoms with van der Waals surface area (Å²) in [4.78, 5) is 0. The van der Waals surface area contributed by atoms with E-state index in [0.29, 0.717) is 11.3 Å². The van der Waals surface area contributed by atoms with Crippen LogP contribution in [0.5, 0.6) is 0 Å². The summed E-state index contributed by atoms with van der Waals surface area (Å²) in [5.74, 6) is 0.625. The van der Waals surface area contributed by atoms with Gasteiger partial charge in [0.05, 0.1) is 0 Å². The van der Waals surface area contributed by atoms with Gasteiger partial charge < -0.3 is 0 Å². The summed E-state index contributed by atoms with van der Waals surface area (Å²) in [6.07, 6.45) is 2.47. The van der Waals surface area contributed by atoms with E-state index in [9.17, 15) is 0 Å². The summed E-state index contributed by atoms with van der Waals surface area (Å²) >= 11 is 0. The van der Waals surface area contributed by atoms with Crippen LogP contribution in [0.1, 0.15) is 50.3 Å². The van der Waals surface area contributed by atoms with Gasteiger partial charge in [0.2, 0.25) is 0 Å². The number of hydrogen-bond acceptors (Lipinski definition) is 0. The standard InChI is InChI=1S/C17H21.Hf/c1-11(2)15-6-5-12-7-13-9-17(3,4)10-14(13)8-16(12)15;/h5-8,11H,9-10H2,1-4H3;/q-1;. The van der Waals surface area contributed by atoms with Crippen LogP contribution in [0.3, 0.4) is 0 Å². The van der Waals surface area contributed by atoms with E-state index in [0.717, 1.165) is 0 Å². The molecule has 0 atom stereocenters. The van der Waals surface area contributed by atoms with E-state index < -0.39 is 0 Å². The van der Waals surface area contributed by atoms with E-state index in [4.69, 9.17) is 0 Å². The SMILES string of the molecule is CC(C)[c-]1ccc2cc3c(cc21)CC(C)(C)C3.[Hf]. The molecule has 0 bridgehead atoms. The predicted octanol–water partition coefficient (Wildman–Crippen LogP) is 4.80. The molecule has 0 radical (unpaired) electrons. The average molecular weight is 404 g/mol. The van der Waals surface area contributed by atoms with Gasteiger partial charge in [-0.25, -0.2) is 0 Å². The zero-order valence-corrected chi connectivity index (χ0v) is 15.4. The first-order valence-electron chi connectivity index (χ1n) is 6.67. The van der Waals surface area contributed by atoms with Gasteiger partial charge in [-0.15, -0.1) is 34.5 Å². The van der Waals surface area contributed by atoms with Crippen LogP contribution in [0.25, 0.3) is 10.8 Å². The Hall–Kier alpha value is -0.300. The molecular weight excluding hydrogens is 383 g/mol. The fourth-order valence-electron chi connectivity index (χ4n) is 3.29. The summed E-state index contributed by atoms with van der Waals surface area (Å²) < 4.78 is 0. The first kappa shape index (κ1) is 14.1. The Labute approximate surface area is 129 Å². The molecule has 0 amide bonds. The number of fused-ring (bicyclic) bond motifs is 2. The van der Waals surface area contributed by atoms with E-state index >= 15 is 0 Å². The molecule has 0 saturated carbocycles. The molecular formula is C17H21Hf-. The number of benzene rings is 1. The van der Waals surface area contributed by atoms with Crippen molar-refractivity contribution in [3.8, 4) is 0 Å². The topological polar surface area (TPSA) is 0 Å². The molecule has 0 heterocycles. The summed E-state index contributed by atoms with van der Waals surface area (Å²) in [5.41, 5.74) is 5.12. The summed E-state index contributed by atoms with van der Waals surface area (Å²) in [5, 5.41) is 2.92. The summed E-state index contributed by atoms with van der Waals surface area (Å²) in [7, 11) is 0. The van der Waals surface area contributed by atoms with Gasteiger partial charge in [0.1, 0.15) is 0 Å². The Kier molecular flexibility index (Phi) is 3.66. The third-order valence-electron chi connectivity index (χ3n) is 4.09. The zero-order valence-electron chi connectivity index (χ0n) is 11.8. The molecule has 2 aromatic rings. The predicted molar refractivity (Wildman–Crippen MR) is 74.8 cm³/mol. The molecule has 0 spiro atoms. The summed E-state index contributed by atoms with van der Waals surface area (Å²) in [6.45, 7) is 9.32. The van der Waals surface area contributed by atoms with Crippen LogP contribution < -0.4 is 0 Å². The molecule has 0 fully saturated rings. The van der Waals surface area contributed by atoms with Gasteiger partial charge in [0.15, 0.2) is 0 Å². The molecule has 1 aliphatic carbocycles. The third-order valence-corrected chi connectivity index (χ3v) is 4.09. The molecule has 94 valence electrons. The first-order valence-corrected chi connectivity index (χ1v) is 6.67. The van der Waals surface area contributed by atoms with Crippen molar-refractivity contribution in [2.45, 2.75) is 46.5 Å². The Balaban J connectivity index is 0.00000120. The maximum absolute atomic E-state index is 2.45. The van der Waals surface area contributed by atoms with E-state index in [-0.39, 0.29) is 25.8 Å². The van der Waals surface area contributed by atoms with Crippen molar-refractivity contribution in [1.82, 2.24) is 0 Å². The fraction of sp³-hybridized carbons (Fsp3) is 0.471. The molecule has 1 aliphatic rings. The van der Waals surface area contributed by atoms with Crippen molar-refractivity contribution in [3.63, 3.8) is 0 Å². The molecule has 0 nitrogen and oxygen atoms in total. The van der Waals surface area contributed by atoms with Crippen LogP contribution in [0.2, 0.25) is 0 Å². The zero-order chi connectivity index (χ0) is 12.2. The van der Waals surface area contributed by atoms with E-state index in [1.54, 1.807) is 11.1 Å². The van der Waals surface area contributed by atoms with Crippen molar-refractivity contribution < 1.29 is 25.8 Å². The van der Waals surface area contributed by atoms with Gasteiger partial charge in [-0.2, -0.15) is 6.07 Å². The first-order chi connectivity index (χ1) is 7.96. The normalized spacial score (nSPS) is 16.9. The monoisotopic (exact) mass is 405 g/mol. The van der Waals surface area contributed by atoms with Crippen LogP contribution in [0.15, 0.2) is 24.3 Å². The van der Waals surface area contributed by atoms with Gasteiger partial charge >= 0.3 is 0 Å². The molecule has 0 aromatic heterocycles. The Morgan fingerprint density at radius 3 is 2.33 bits per heavy atom. The average Bonchev–Trinajstić information content (AvgIpc) is 2.71. The van der Waals surface area contributed by atoms with Crippen LogP contribution in [-0.2, 0) is 38.7 Å². The van der Waals surface area contributed by atoms with E-state index in [1.165, 1.54) is 29.2 Å². The van der Waals surface area contributed by atoms with Crippen molar-refractivity contribution in [2.24, 2.45) is 5.41 Å². The Morgan fingerprint density at radius 1 is 1.11 bits per heavy atom. The van der Waals surface area contributed by atoms with Crippen molar-refractivity contribution in [1.29, 1.82) is 0 Å². The Morgan fingerprint density at radius 2 is 1.72 bits per heavy atom. The molecule has 0 saturated heterocycles. The second kappa shape index (κ2) is 4.67. The minimum absolute atomic E-state index is 0. The third kappa shape index (κ3) is 2.27. The minimum atomic E-state index is 0. The number of hydrogen-bond donors (Lipinski definition) is 0. The largest absolute Gasteiger partial charge is 0.168 e. The molecule has 3 rings (SSSR count). The fourth-order valence-corrected chi connectivity index (χ4v) is 3.29. The van der Waals surface area contributed by atoms with Gasteiger partial charge in [0, 0.05) is 25.8 Å². The van der Waals surface area contributed by atoms with Gasteiger partial charge in [-0.05, 0) is 18.3 Å². The van der Waals surface area contributed by atoms with Gasteiger partial charge in [-0.3, -0.25) is 0 Å². The molecule has 0 unspecified atom stereocenters. The Bertz CT molecular complexity index is 573. The molecule has 18 heavy (non-hydrogen) atoms. The van der Waals surface area contributed by atoms with Crippen LogP contribution in [0.4, 0.5) is 0 Å². The summed E-state index contributed by atoms with van der Waals surface area (Å²) in [6, 6.07) is 9.46. The van der Waals surface area contributed by atoms with Crippen molar-refractivity contribution >= 4 is 10.8 Å². The number of rotatable bonds is 1. The maximum atomic E-state index is 2.45. The van der Waals surface area contributed by atoms with Gasteiger partial charge in [0.25, 0.3) is 0 Å². The van der Waals surface area contributed by atoms with Crippen LogP contribution >= 0.6 is 0 Å². The maximum Gasteiger partial charge on any atom is 0 e. The molecule has 2 aromatic carbocycles. The van der Waals surface area contributed by atoms with E-state index in [1.807, 2.05) is 0 Å². The van der Waals surface area contributed by atoms with Crippen molar-refractivity contribution in [2.75, 3.05) is 0 Å². The van der Waals surface area contributed by atoms with Crippen LogP contribution in [0, 0.1) is 5.41 Å². The smallest absolute Gasteiger partial charge is 0 e. The van der Waals surface area contributed by atoms with Gasteiger partial charge in [-0.1, -0.05) is 44.7 Å². The molecule has 0 N–H and O–H groups in total. The van der Waals surface area contributed by atoms with Crippen LogP contribution in [-0.4, -0.2) is 0 Å².